The number of halogens is 1. The van der Waals surface area contributed by atoms with Crippen molar-refractivity contribution in [3.8, 4) is 5.69 Å². The van der Waals surface area contributed by atoms with E-state index in [1.54, 1.807) is 17.7 Å². The summed E-state index contributed by atoms with van der Waals surface area (Å²) < 4.78 is 15.4. The number of carbonyl (C=O) groups excluding carboxylic acids is 1. The zero-order valence-electron chi connectivity index (χ0n) is 14.4. The second kappa shape index (κ2) is 6.53. The van der Waals surface area contributed by atoms with Crippen LogP contribution in [0.15, 0.2) is 65.6 Å². The van der Waals surface area contributed by atoms with Crippen LogP contribution in [0.3, 0.4) is 0 Å². The molecule has 0 saturated heterocycles. The number of aromatic nitrogens is 3. The van der Waals surface area contributed by atoms with Gasteiger partial charge >= 0.3 is 0 Å². The Balaban J connectivity index is 1.79. The molecule has 0 unspecified atom stereocenters. The predicted molar refractivity (Wildman–Crippen MR) is 101 cm³/mol. The van der Waals surface area contributed by atoms with Gasteiger partial charge in [-0.25, -0.2) is 9.07 Å². The second-order valence-corrected chi connectivity index (χ2v) is 6.02. The van der Waals surface area contributed by atoms with Crippen LogP contribution in [-0.4, -0.2) is 20.7 Å². The summed E-state index contributed by atoms with van der Waals surface area (Å²) >= 11 is 0. The minimum Gasteiger partial charge on any atom is -0.345 e. The number of carbonyl (C=O) groups is 1. The van der Waals surface area contributed by atoms with Crippen LogP contribution in [0.25, 0.3) is 16.7 Å². The lowest BCUT2D eigenvalue weighted by Gasteiger charge is -2.07. The molecule has 0 aliphatic carbocycles. The Morgan fingerprint density at radius 2 is 1.81 bits per heavy atom. The number of nitrogens with zero attached hydrogens (tertiary/aromatic N) is 2. The lowest BCUT2D eigenvalue weighted by atomic mass is 10.1. The van der Waals surface area contributed by atoms with Crippen molar-refractivity contribution in [2.45, 2.75) is 6.92 Å². The molecule has 0 bridgehead atoms. The third kappa shape index (κ3) is 2.89. The van der Waals surface area contributed by atoms with Crippen molar-refractivity contribution in [2.24, 2.45) is 0 Å². The fraction of sp³-hybridized carbons (Fsp3) is 0.0500. The summed E-state index contributed by atoms with van der Waals surface area (Å²) in [7, 11) is 0. The Bertz CT molecular complexity index is 1210. The van der Waals surface area contributed by atoms with Crippen molar-refractivity contribution < 1.29 is 9.18 Å². The van der Waals surface area contributed by atoms with Crippen LogP contribution in [0, 0.1) is 12.7 Å². The number of H-pyrrole nitrogens is 1. The van der Waals surface area contributed by atoms with Crippen molar-refractivity contribution >= 4 is 22.6 Å². The molecule has 2 aromatic heterocycles. The molecule has 2 aromatic carbocycles. The van der Waals surface area contributed by atoms with Crippen molar-refractivity contribution in [2.75, 3.05) is 5.32 Å². The number of aryl methyl sites for hydroxylation is 1. The zero-order valence-corrected chi connectivity index (χ0v) is 14.4. The Morgan fingerprint density at radius 3 is 2.56 bits per heavy atom. The molecule has 0 spiro atoms. The highest BCUT2D eigenvalue weighted by molar-refractivity contribution is 6.05. The smallest absolute Gasteiger partial charge is 0.261 e. The Labute approximate surface area is 153 Å². The Kier molecular flexibility index (Phi) is 4.04. The molecule has 27 heavy (non-hydrogen) atoms. The number of para-hydroxylation sites is 2. The van der Waals surface area contributed by atoms with Gasteiger partial charge in [0.2, 0.25) is 5.43 Å². The minimum atomic E-state index is -0.685. The first kappa shape index (κ1) is 16.7. The molecule has 0 aliphatic rings. The molecule has 0 atom stereocenters. The van der Waals surface area contributed by atoms with E-state index < -0.39 is 17.2 Å². The van der Waals surface area contributed by atoms with Gasteiger partial charge in [-0.2, -0.15) is 5.10 Å². The van der Waals surface area contributed by atoms with E-state index in [-0.39, 0.29) is 11.3 Å². The monoisotopic (exact) mass is 362 g/mol. The highest BCUT2D eigenvalue weighted by Gasteiger charge is 2.19. The van der Waals surface area contributed by atoms with Gasteiger partial charge in [-0.3, -0.25) is 9.59 Å². The van der Waals surface area contributed by atoms with Crippen LogP contribution in [0.5, 0.6) is 0 Å². The summed E-state index contributed by atoms with van der Waals surface area (Å²) in [5.41, 5.74) is 1.22. The number of benzene rings is 2. The predicted octanol–water partition coefficient (Wildman–Crippen LogP) is 3.41. The molecule has 0 fully saturated rings. The molecule has 2 heterocycles. The van der Waals surface area contributed by atoms with Gasteiger partial charge in [-0.15, -0.1) is 0 Å². The molecule has 0 saturated carbocycles. The Morgan fingerprint density at radius 1 is 1.11 bits per heavy atom. The lowest BCUT2D eigenvalue weighted by molar-refractivity contribution is 0.102. The quantitative estimate of drug-likeness (QED) is 0.586. The summed E-state index contributed by atoms with van der Waals surface area (Å²) in [6, 6.07) is 15.1. The average molecular weight is 362 g/mol. The maximum atomic E-state index is 13.8. The van der Waals surface area contributed by atoms with E-state index in [9.17, 15) is 14.0 Å². The van der Waals surface area contributed by atoms with Gasteiger partial charge in [-0.1, -0.05) is 30.3 Å². The topological polar surface area (TPSA) is 79.8 Å². The van der Waals surface area contributed by atoms with E-state index in [4.69, 9.17) is 0 Å². The van der Waals surface area contributed by atoms with E-state index in [2.05, 4.69) is 15.4 Å². The maximum absolute atomic E-state index is 13.8. The number of rotatable bonds is 3. The first-order chi connectivity index (χ1) is 13.1. The van der Waals surface area contributed by atoms with Crippen LogP contribution in [-0.2, 0) is 0 Å². The van der Waals surface area contributed by atoms with Gasteiger partial charge in [0.15, 0.2) is 0 Å². The average Bonchev–Trinajstić information content (AvgIpc) is 3.02. The van der Waals surface area contributed by atoms with Crippen molar-refractivity contribution in [3.05, 3.63) is 88.1 Å². The van der Waals surface area contributed by atoms with Gasteiger partial charge in [0.05, 0.1) is 22.5 Å². The van der Waals surface area contributed by atoms with Crippen molar-refractivity contribution in [1.29, 1.82) is 0 Å². The molecule has 7 heteroatoms. The van der Waals surface area contributed by atoms with Gasteiger partial charge in [0.1, 0.15) is 17.0 Å². The molecule has 0 aliphatic heterocycles. The van der Waals surface area contributed by atoms with E-state index in [0.29, 0.717) is 16.7 Å². The van der Waals surface area contributed by atoms with Crippen LogP contribution in [0.2, 0.25) is 0 Å². The summed E-state index contributed by atoms with van der Waals surface area (Å²) in [6.45, 7) is 1.70. The van der Waals surface area contributed by atoms with Gasteiger partial charge in [-0.05, 0) is 31.2 Å². The molecular formula is C20H15FN4O2. The first-order valence-electron chi connectivity index (χ1n) is 8.28. The summed E-state index contributed by atoms with van der Waals surface area (Å²) in [5, 5.41) is 7.16. The van der Waals surface area contributed by atoms with Crippen molar-refractivity contribution in [1.82, 2.24) is 14.8 Å². The summed E-state index contributed by atoms with van der Waals surface area (Å²) in [6.07, 6.45) is 1.32. The van der Waals surface area contributed by atoms with Crippen LogP contribution >= 0.6 is 0 Å². The van der Waals surface area contributed by atoms with Gasteiger partial charge in [0.25, 0.3) is 5.91 Å². The number of anilines is 1. The van der Waals surface area contributed by atoms with E-state index in [0.717, 1.165) is 5.69 Å². The fourth-order valence-electron chi connectivity index (χ4n) is 2.95. The number of fused-ring (bicyclic) bond motifs is 1. The lowest BCUT2D eigenvalue weighted by Crippen LogP contribution is -2.22. The number of pyridine rings is 1. The van der Waals surface area contributed by atoms with E-state index >= 15 is 0 Å². The molecule has 4 rings (SSSR count). The largest absolute Gasteiger partial charge is 0.345 e. The molecule has 1 amide bonds. The van der Waals surface area contributed by atoms with Crippen LogP contribution in [0.1, 0.15) is 16.1 Å². The molecular weight excluding hydrogens is 347 g/mol. The van der Waals surface area contributed by atoms with Crippen molar-refractivity contribution in [3.63, 3.8) is 0 Å². The number of hydrogen-bond donors (Lipinski definition) is 2. The third-order valence-electron chi connectivity index (χ3n) is 4.25. The second-order valence-electron chi connectivity index (χ2n) is 6.02. The summed E-state index contributed by atoms with van der Waals surface area (Å²) in [4.78, 5) is 28.4. The van der Waals surface area contributed by atoms with Gasteiger partial charge in [0, 0.05) is 6.20 Å². The van der Waals surface area contributed by atoms with Gasteiger partial charge < -0.3 is 10.3 Å². The van der Waals surface area contributed by atoms with E-state index in [1.807, 2.05) is 30.3 Å². The maximum Gasteiger partial charge on any atom is 0.261 e. The number of aromatic amines is 1. The zero-order chi connectivity index (χ0) is 19.0. The highest BCUT2D eigenvalue weighted by Crippen LogP contribution is 2.18. The number of hydrogen-bond acceptors (Lipinski definition) is 3. The highest BCUT2D eigenvalue weighted by atomic mass is 19.1. The third-order valence-corrected chi connectivity index (χ3v) is 4.25. The summed E-state index contributed by atoms with van der Waals surface area (Å²) in [5.74, 6) is -1.26. The fourth-order valence-corrected chi connectivity index (χ4v) is 2.95. The molecule has 0 radical (unpaired) electrons. The van der Waals surface area contributed by atoms with Crippen LogP contribution < -0.4 is 10.7 Å². The van der Waals surface area contributed by atoms with Crippen LogP contribution in [0.4, 0.5) is 10.1 Å². The standard InChI is InChI=1S/C20H15FN4O2/c1-12-17-18(26)14(20(27)23-16-10-6-5-9-15(16)21)11-22-19(17)25(24-12)13-7-3-2-4-8-13/h2-11H,1H3,(H,22,26)(H,23,27). The number of amides is 1. The first-order valence-corrected chi connectivity index (χ1v) is 8.28. The molecule has 6 nitrogen and oxygen atoms in total. The normalized spacial score (nSPS) is 10.9. The van der Waals surface area contributed by atoms with E-state index in [1.165, 1.54) is 24.4 Å². The molecule has 2 N–H and O–H groups in total. The minimum absolute atomic E-state index is 0.0127. The number of nitrogens with one attached hydrogen (secondary N) is 2. The molecule has 134 valence electrons. The SMILES string of the molecule is Cc1nn(-c2ccccc2)c2[nH]cc(C(=O)Nc3ccccc3F)c(=O)c12. The Hall–Kier alpha value is -3.74. The molecule has 4 aromatic rings.